The normalized spacial score (nSPS) is 14.7. The maximum atomic E-state index is 13.6. The average molecular weight is 1140 g/mol. The van der Waals surface area contributed by atoms with Gasteiger partial charge in [-0.2, -0.15) is 0 Å². The number of aliphatic imine (C=N–C) groups is 2. The van der Waals surface area contributed by atoms with E-state index in [4.69, 9.17) is 25.2 Å². The van der Waals surface area contributed by atoms with Crippen molar-refractivity contribution in [3.63, 3.8) is 0 Å². The summed E-state index contributed by atoms with van der Waals surface area (Å²) in [6, 6.07) is 8.60. The van der Waals surface area contributed by atoms with E-state index in [0.717, 1.165) is 44.9 Å². The molecule has 0 radical (unpaired) electrons. The Morgan fingerprint density at radius 1 is 0.833 bits per heavy atom. The van der Waals surface area contributed by atoms with Gasteiger partial charge in [-0.25, -0.2) is 32.4 Å². The van der Waals surface area contributed by atoms with Gasteiger partial charge in [-0.3, -0.25) is 24.4 Å². The fraction of sp³-hybridized carbons (Fsp3) is 0.500. The molecule has 0 aliphatic heterocycles. The Bertz CT molecular complexity index is 2670. The van der Waals surface area contributed by atoms with E-state index in [1.807, 2.05) is 0 Å². The van der Waals surface area contributed by atoms with Crippen molar-refractivity contribution in [2.75, 3.05) is 18.4 Å². The molecular formula is C46H58Br2F2N13NaO8. The maximum Gasteiger partial charge on any atom is 1.00 e. The van der Waals surface area contributed by atoms with E-state index < -0.39 is 11.6 Å². The summed E-state index contributed by atoms with van der Waals surface area (Å²) in [5.74, 6) is -0.0116. The molecule has 2 amide bonds. The van der Waals surface area contributed by atoms with Gasteiger partial charge in [0.25, 0.3) is 0 Å². The monoisotopic (exact) mass is 1140 g/mol. The Morgan fingerprint density at radius 2 is 1.50 bits per heavy atom. The Hall–Kier alpha value is -5.21. The van der Waals surface area contributed by atoms with Crippen LogP contribution >= 0.6 is 31.9 Å². The van der Waals surface area contributed by atoms with Crippen molar-refractivity contribution in [3.8, 4) is 17.2 Å². The average Bonchev–Trinajstić information content (AvgIpc) is 4.11. The van der Waals surface area contributed by atoms with Crippen molar-refractivity contribution in [2.45, 2.75) is 122 Å². The van der Waals surface area contributed by atoms with Gasteiger partial charge in [-0.1, -0.05) is 66.5 Å². The molecule has 7 rings (SSSR count). The van der Waals surface area contributed by atoms with Gasteiger partial charge in [0.15, 0.2) is 23.2 Å². The standard InChI is InChI=1S/C24H28BrFN6O4.C22H29BrFN7O3.Na.H2O/c25-17-14-16(11-12-18(17)26)32-23(31-35-24(32)34)22-19(29-36-30-22)9-5-2-6-10-20(27)28-21(33)13-15-7-3-1-4-8-15;23-16-11-15(7-8-17(16)24)12-18(29-33)20-21(31-34-30-20)26-9-4-10-27-22(25)28-19(32)13-14-5-2-1-3-6-14;;/h11-12,14-15H,1-10,13H2,(H2,27,28,33);7-8,11,14,33H,1-6,9-10,12-13H2,(H,26,31)(H3,25,27,28,32);;1H2/q;;+1;/p-1/b;29-18+;;. The third kappa shape index (κ3) is 18.4. The first kappa shape index (κ1) is 59.4. The van der Waals surface area contributed by atoms with Crippen molar-refractivity contribution in [1.29, 1.82) is 0 Å². The second-order valence-electron chi connectivity index (χ2n) is 17.3. The van der Waals surface area contributed by atoms with Crippen LogP contribution in [0, 0.1) is 23.5 Å². The molecule has 0 unspecified atom stereocenters. The zero-order valence-electron chi connectivity index (χ0n) is 40.0. The molecule has 2 aliphatic rings. The number of halogens is 4. The molecule has 2 aromatic carbocycles. The van der Waals surface area contributed by atoms with E-state index >= 15 is 0 Å². The minimum atomic E-state index is -0.745. The second-order valence-corrected chi connectivity index (χ2v) is 19.0. The van der Waals surface area contributed by atoms with Gasteiger partial charge in [0.1, 0.15) is 28.9 Å². The molecule has 2 aliphatic carbocycles. The Balaban J connectivity index is 0.000000305. The van der Waals surface area contributed by atoms with Gasteiger partial charge in [0, 0.05) is 38.8 Å². The zero-order valence-corrected chi connectivity index (χ0v) is 45.2. The quantitative estimate of drug-likeness (QED) is 0.0168. The summed E-state index contributed by atoms with van der Waals surface area (Å²) in [5.41, 5.74) is 14.1. The number of carbonyl (C=O) groups excluding carboxylic acids is 2. The molecule has 26 heteroatoms. The van der Waals surface area contributed by atoms with Crippen LogP contribution in [0.1, 0.15) is 126 Å². The molecule has 3 aromatic heterocycles. The molecule has 2 fully saturated rings. The fourth-order valence-electron chi connectivity index (χ4n) is 8.34. The molecule has 8 N–H and O–H groups in total. The topological polar surface area (TPSA) is 323 Å². The van der Waals surface area contributed by atoms with Crippen molar-refractivity contribution in [2.24, 2.45) is 38.4 Å². The Kier molecular flexibility index (Phi) is 25.3. The second kappa shape index (κ2) is 30.7. The van der Waals surface area contributed by atoms with Crippen LogP contribution in [0.25, 0.3) is 17.2 Å². The Labute approximate surface area is 452 Å². The predicted molar refractivity (Wildman–Crippen MR) is 264 cm³/mol. The molecule has 2 saturated carbocycles. The van der Waals surface area contributed by atoms with E-state index in [2.05, 4.69) is 83.4 Å². The van der Waals surface area contributed by atoms with E-state index in [1.165, 1.54) is 67.4 Å². The van der Waals surface area contributed by atoms with Crippen LogP contribution < -0.4 is 57.4 Å². The van der Waals surface area contributed by atoms with Gasteiger partial charge >= 0.3 is 35.3 Å². The van der Waals surface area contributed by atoms with Gasteiger partial charge in [-0.15, -0.1) is 0 Å². The van der Waals surface area contributed by atoms with Crippen molar-refractivity contribution in [1.82, 2.24) is 35.7 Å². The minimum absolute atomic E-state index is 0. The number of anilines is 1. The number of benzene rings is 2. The first-order chi connectivity index (χ1) is 33.9. The van der Waals surface area contributed by atoms with Gasteiger partial charge in [-0.05, 0) is 146 Å². The molecule has 5 aromatic rings. The molecule has 21 nitrogen and oxygen atoms in total. The summed E-state index contributed by atoms with van der Waals surface area (Å²) in [6.07, 6.45) is 16.8. The van der Waals surface area contributed by atoms with Crippen LogP contribution in [0.3, 0.4) is 0 Å². The van der Waals surface area contributed by atoms with Crippen LogP contribution in [-0.2, 0) is 22.4 Å². The molecule has 0 saturated heterocycles. The molecule has 0 spiro atoms. The number of amides is 2. The number of hydrogen-bond acceptors (Lipinski definition) is 16. The van der Waals surface area contributed by atoms with E-state index in [1.54, 1.807) is 12.1 Å². The van der Waals surface area contributed by atoms with E-state index in [9.17, 15) is 28.4 Å². The number of oxime groups is 1. The van der Waals surface area contributed by atoms with Crippen molar-refractivity contribution < 1.29 is 72.4 Å². The summed E-state index contributed by atoms with van der Waals surface area (Å²) in [7, 11) is 0. The first-order valence-electron chi connectivity index (χ1n) is 23.4. The number of guanidine groups is 1. The third-order valence-corrected chi connectivity index (χ3v) is 13.2. The smallest absolute Gasteiger partial charge is 0.870 e. The van der Waals surface area contributed by atoms with Crippen LogP contribution in [0.4, 0.5) is 14.6 Å². The number of amidine groups is 1. The SMILES string of the molecule is NC(=NCCCNc1nonc1/C(Cc1ccc(F)c(Br)c1)=N/O)NC(=O)CC1CCCCC1.NC(CCCCCc1nonc1-c1noc(=O)n1-c1ccc(F)c(Br)c1)=NC(=O)CC1CCCCC1.[Na+].[OH-]. The summed E-state index contributed by atoms with van der Waals surface area (Å²) < 4.78 is 43.3. The number of rotatable bonds is 20. The van der Waals surface area contributed by atoms with Crippen LogP contribution in [-0.4, -0.2) is 83.4 Å². The number of nitrogens with two attached hydrogens (primary N) is 2. The van der Waals surface area contributed by atoms with Crippen LogP contribution in [0.15, 0.2) is 79.1 Å². The number of unbranched alkanes of at least 4 members (excludes halogenated alkanes) is 2. The summed E-state index contributed by atoms with van der Waals surface area (Å²) in [6.45, 7) is 0.864. The van der Waals surface area contributed by atoms with Crippen LogP contribution in [0.2, 0.25) is 0 Å². The fourth-order valence-corrected chi connectivity index (χ4v) is 9.14. The zero-order chi connectivity index (χ0) is 49.8. The molecule has 3 heterocycles. The minimum Gasteiger partial charge on any atom is -0.870 e. The number of nitrogens with one attached hydrogen (secondary N) is 2. The summed E-state index contributed by atoms with van der Waals surface area (Å²) in [5, 5.41) is 37.8. The molecule has 72 heavy (non-hydrogen) atoms. The number of hydrogen-bond donors (Lipinski definition) is 5. The van der Waals surface area contributed by atoms with Gasteiger partial charge < -0.3 is 27.5 Å². The number of aryl methyl sites for hydroxylation is 1. The molecular weight excluding hydrogens is 1080 g/mol. The molecule has 0 atom stereocenters. The van der Waals surface area contributed by atoms with Crippen molar-refractivity contribution in [3.05, 3.63) is 84.5 Å². The first-order valence-corrected chi connectivity index (χ1v) is 25.0. The summed E-state index contributed by atoms with van der Waals surface area (Å²) >= 11 is 6.25. The number of nitrogens with zero attached hydrogens (tertiary/aromatic N) is 9. The van der Waals surface area contributed by atoms with E-state index in [0.29, 0.717) is 90.1 Å². The van der Waals surface area contributed by atoms with Crippen LogP contribution in [0.5, 0.6) is 0 Å². The Morgan fingerprint density at radius 3 is 2.18 bits per heavy atom. The third-order valence-electron chi connectivity index (χ3n) is 12.0. The summed E-state index contributed by atoms with van der Waals surface area (Å²) in [4.78, 5) is 44.8. The molecule has 0 bridgehead atoms. The van der Waals surface area contributed by atoms with Gasteiger partial charge in [0.2, 0.25) is 17.6 Å². The largest absolute Gasteiger partial charge is 1.00 e. The van der Waals surface area contributed by atoms with E-state index in [-0.39, 0.29) is 92.4 Å². The molecule has 384 valence electrons. The van der Waals surface area contributed by atoms with Gasteiger partial charge in [0.05, 0.1) is 14.6 Å². The number of carbonyl (C=O) groups is 2. The maximum absolute atomic E-state index is 13.6. The number of aromatic nitrogens is 6. The predicted octanol–water partition coefficient (Wildman–Crippen LogP) is 5.16. The van der Waals surface area contributed by atoms with Crippen molar-refractivity contribution >= 4 is 67.0 Å².